The van der Waals surface area contributed by atoms with E-state index < -0.39 is 17.7 Å². The Morgan fingerprint density at radius 1 is 1.11 bits per heavy atom. The van der Waals surface area contributed by atoms with Crippen molar-refractivity contribution in [3.8, 4) is 17.2 Å². The van der Waals surface area contributed by atoms with Gasteiger partial charge in [-0.05, 0) is 88.3 Å². The van der Waals surface area contributed by atoms with Crippen molar-refractivity contribution in [1.82, 2.24) is 9.80 Å². The Kier molecular flexibility index (Phi) is 9.21. The summed E-state index contributed by atoms with van der Waals surface area (Å²) in [6, 6.07) is 9.20. The Bertz CT molecular complexity index is 1170. The summed E-state index contributed by atoms with van der Waals surface area (Å²) in [5, 5.41) is 21.7. The van der Waals surface area contributed by atoms with Crippen LogP contribution < -0.4 is 9.47 Å². The molecule has 1 aliphatic rings. The van der Waals surface area contributed by atoms with Crippen LogP contribution in [0.1, 0.15) is 49.9 Å². The van der Waals surface area contributed by atoms with Gasteiger partial charge in [0.15, 0.2) is 11.5 Å². The highest BCUT2D eigenvalue weighted by atomic mass is 16.5. The minimum Gasteiger partial charge on any atom is -0.507 e. The smallest absolute Gasteiger partial charge is 0.295 e. The minimum absolute atomic E-state index is 0.0157. The molecule has 0 radical (unpaired) electrons. The van der Waals surface area contributed by atoms with Gasteiger partial charge >= 0.3 is 0 Å². The van der Waals surface area contributed by atoms with Gasteiger partial charge in [-0.1, -0.05) is 19.9 Å². The average molecular weight is 511 g/mol. The lowest BCUT2D eigenvalue weighted by atomic mass is 9.93. The van der Waals surface area contributed by atoms with Gasteiger partial charge in [-0.2, -0.15) is 0 Å². The van der Waals surface area contributed by atoms with E-state index in [1.807, 2.05) is 32.0 Å². The van der Waals surface area contributed by atoms with Gasteiger partial charge in [0.05, 0.1) is 24.8 Å². The highest BCUT2D eigenvalue weighted by Crippen LogP contribution is 2.42. The van der Waals surface area contributed by atoms with Gasteiger partial charge in [0, 0.05) is 12.1 Å². The normalized spacial score (nSPS) is 17.2. The summed E-state index contributed by atoms with van der Waals surface area (Å²) in [6.07, 6.45) is 0.647. The van der Waals surface area contributed by atoms with E-state index in [9.17, 15) is 19.8 Å². The first-order valence-corrected chi connectivity index (χ1v) is 12.7. The molecule has 0 saturated carbocycles. The molecular formula is C29H38N2O6. The summed E-state index contributed by atoms with van der Waals surface area (Å²) in [6.45, 7) is 9.71. The number of Topliss-reactive ketones (excluding diaryl/α,β-unsaturated/α-hetero) is 1. The van der Waals surface area contributed by atoms with Crippen LogP contribution >= 0.6 is 0 Å². The zero-order valence-electron chi connectivity index (χ0n) is 22.6. The number of likely N-dealkylation sites (tertiary alicyclic amines) is 1. The lowest BCUT2D eigenvalue weighted by Gasteiger charge is -2.26. The number of carbonyl (C=O) groups is 2. The summed E-state index contributed by atoms with van der Waals surface area (Å²) in [4.78, 5) is 30.0. The number of rotatable bonds is 11. The number of ether oxygens (including phenoxy) is 2. The van der Waals surface area contributed by atoms with Crippen LogP contribution in [0.4, 0.5) is 0 Å². The van der Waals surface area contributed by atoms with Crippen molar-refractivity contribution in [2.45, 2.75) is 40.2 Å². The fourth-order valence-corrected chi connectivity index (χ4v) is 4.39. The molecule has 1 amide bonds. The molecule has 2 aromatic rings. The topological polar surface area (TPSA) is 99.5 Å². The second kappa shape index (κ2) is 12.1. The molecule has 200 valence electrons. The van der Waals surface area contributed by atoms with Gasteiger partial charge < -0.3 is 29.5 Å². The number of phenols is 1. The predicted molar refractivity (Wildman–Crippen MR) is 143 cm³/mol. The van der Waals surface area contributed by atoms with Crippen molar-refractivity contribution in [2.75, 3.05) is 40.4 Å². The number of ketones is 1. The lowest BCUT2D eigenvalue weighted by Crippen LogP contribution is -2.32. The zero-order valence-corrected chi connectivity index (χ0v) is 22.6. The van der Waals surface area contributed by atoms with Crippen LogP contribution in [-0.2, 0) is 9.59 Å². The third-order valence-corrected chi connectivity index (χ3v) is 6.18. The van der Waals surface area contributed by atoms with Crippen LogP contribution in [-0.4, -0.2) is 72.1 Å². The molecule has 0 aromatic heterocycles. The minimum atomic E-state index is -0.821. The van der Waals surface area contributed by atoms with Crippen molar-refractivity contribution in [1.29, 1.82) is 0 Å². The lowest BCUT2D eigenvalue weighted by molar-refractivity contribution is -0.139. The molecule has 0 bridgehead atoms. The Balaban J connectivity index is 2.10. The van der Waals surface area contributed by atoms with E-state index in [0.29, 0.717) is 49.0 Å². The molecular weight excluding hydrogens is 472 g/mol. The van der Waals surface area contributed by atoms with E-state index in [2.05, 4.69) is 13.8 Å². The first-order chi connectivity index (χ1) is 17.5. The molecule has 8 heteroatoms. The quantitative estimate of drug-likeness (QED) is 0.261. The van der Waals surface area contributed by atoms with Gasteiger partial charge in [0.25, 0.3) is 11.7 Å². The number of aromatic hydroxyl groups is 1. The van der Waals surface area contributed by atoms with Crippen molar-refractivity contribution < 1.29 is 29.3 Å². The molecule has 2 N–H and O–H groups in total. The summed E-state index contributed by atoms with van der Waals surface area (Å²) >= 11 is 0. The van der Waals surface area contributed by atoms with Crippen molar-refractivity contribution in [3.63, 3.8) is 0 Å². The molecule has 1 atom stereocenters. The van der Waals surface area contributed by atoms with Gasteiger partial charge in [-0.3, -0.25) is 9.59 Å². The van der Waals surface area contributed by atoms with Crippen molar-refractivity contribution in [3.05, 3.63) is 58.7 Å². The number of hydrogen-bond acceptors (Lipinski definition) is 7. The summed E-state index contributed by atoms with van der Waals surface area (Å²) in [5.74, 6) is -0.391. The van der Waals surface area contributed by atoms with Crippen LogP contribution in [0.5, 0.6) is 17.2 Å². The molecule has 1 saturated heterocycles. The van der Waals surface area contributed by atoms with E-state index in [1.165, 1.54) is 11.0 Å². The number of aliphatic hydroxyl groups is 1. The van der Waals surface area contributed by atoms with Gasteiger partial charge in [0.2, 0.25) is 0 Å². The molecule has 1 aliphatic heterocycles. The van der Waals surface area contributed by atoms with Crippen LogP contribution in [0, 0.1) is 12.8 Å². The molecule has 0 unspecified atom stereocenters. The first kappa shape index (κ1) is 28.1. The maximum absolute atomic E-state index is 13.3. The van der Waals surface area contributed by atoms with E-state index in [1.54, 1.807) is 31.2 Å². The number of nitrogens with zero attached hydrogens (tertiary/aromatic N) is 2. The molecule has 0 aliphatic carbocycles. The summed E-state index contributed by atoms with van der Waals surface area (Å²) < 4.78 is 11.3. The molecule has 2 aromatic carbocycles. The number of aryl methyl sites for hydroxylation is 1. The van der Waals surface area contributed by atoms with E-state index >= 15 is 0 Å². The Morgan fingerprint density at radius 3 is 2.46 bits per heavy atom. The largest absolute Gasteiger partial charge is 0.507 e. The number of phenolic OH excluding ortho intramolecular Hbond substituents is 1. The van der Waals surface area contributed by atoms with E-state index in [-0.39, 0.29) is 22.8 Å². The van der Waals surface area contributed by atoms with Crippen molar-refractivity contribution in [2.24, 2.45) is 5.92 Å². The number of benzene rings is 2. The standard InChI is InChI=1S/C29H38N2O6/c1-7-36-24-16-20(9-12-23(24)32)26-25(28(34)29(35)31(26)14-8-13-30(5)6)27(33)22-11-10-21(15-19(22)4)37-17-18(2)3/h9-12,15-16,18,26,32-33H,7-8,13-14,17H2,1-6H3/b27-25+/t26-/m0/s1. The number of aliphatic hydroxyl groups excluding tert-OH is 1. The Hall–Kier alpha value is -3.52. The van der Waals surface area contributed by atoms with Gasteiger partial charge in [0.1, 0.15) is 11.5 Å². The first-order valence-electron chi connectivity index (χ1n) is 12.7. The fourth-order valence-electron chi connectivity index (χ4n) is 4.39. The monoisotopic (exact) mass is 510 g/mol. The fraction of sp³-hybridized carbons (Fsp3) is 0.448. The molecule has 37 heavy (non-hydrogen) atoms. The summed E-state index contributed by atoms with van der Waals surface area (Å²) in [7, 11) is 3.88. The highest BCUT2D eigenvalue weighted by molar-refractivity contribution is 6.46. The van der Waals surface area contributed by atoms with Gasteiger partial charge in [-0.25, -0.2) is 0 Å². The molecule has 3 rings (SSSR count). The molecule has 8 nitrogen and oxygen atoms in total. The third kappa shape index (κ3) is 6.43. The molecule has 1 fully saturated rings. The highest BCUT2D eigenvalue weighted by Gasteiger charge is 2.46. The van der Waals surface area contributed by atoms with E-state index in [0.717, 1.165) is 12.1 Å². The Labute approximate surface area is 219 Å². The SMILES string of the molecule is CCOc1cc([C@H]2/C(=C(\O)c3ccc(OCC(C)C)cc3C)C(=O)C(=O)N2CCCN(C)C)ccc1O. The molecule has 0 spiro atoms. The van der Waals surface area contributed by atoms with Crippen LogP contribution in [0.25, 0.3) is 5.76 Å². The maximum atomic E-state index is 13.3. The third-order valence-electron chi connectivity index (χ3n) is 6.18. The summed E-state index contributed by atoms with van der Waals surface area (Å²) in [5.41, 5.74) is 1.76. The number of amides is 1. The Morgan fingerprint density at radius 2 is 1.84 bits per heavy atom. The number of carbonyl (C=O) groups excluding carboxylic acids is 2. The van der Waals surface area contributed by atoms with Gasteiger partial charge in [-0.15, -0.1) is 0 Å². The number of hydrogen-bond donors (Lipinski definition) is 2. The van der Waals surface area contributed by atoms with E-state index in [4.69, 9.17) is 9.47 Å². The second-order valence-corrected chi connectivity index (χ2v) is 9.99. The van der Waals surface area contributed by atoms with Crippen molar-refractivity contribution >= 4 is 17.4 Å². The maximum Gasteiger partial charge on any atom is 0.295 e. The van der Waals surface area contributed by atoms with Crippen LogP contribution in [0.2, 0.25) is 0 Å². The average Bonchev–Trinajstić information content (AvgIpc) is 3.09. The predicted octanol–water partition coefficient (Wildman–Crippen LogP) is 4.51. The second-order valence-electron chi connectivity index (χ2n) is 9.99. The van der Waals surface area contributed by atoms with Crippen LogP contribution in [0.15, 0.2) is 42.0 Å². The zero-order chi connectivity index (χ0) is 27.3. The van der Waals surface area contributed by atoms with Crippen LogP contribution in [0.3, 0.4) is 0 Å². The molecule has 1 heterocycles.